The molecule has 1 amide bonds. The van der Waals surface area contributed by atoms with Crippen molar-refractivity contribution in [2.24, 2.45) is 0 Å². The summed E-state index contributed by atoms with van der Waals surface area (Å²) in [4.78, 5) is 73.2. The van der Waals surface area contributed by atoms with Crippen molar-refractivity contribution < 1.29 is 57.2 Å². The van der Waals surface area contributed by atoms with Crippen LogP contribution in [0.25, 0.3) is 11.3 Å². The number of benzene rings is 2. The molecule has 1 aromatic heterocycles. The minimum Gasteiger partial charge on any atom is -0.463 e. The molecule has 2 aromatic carbocycles. The molecule has 1 aliphatic rings. The lowest BCUT2D eigenvalue weighted by Gasteiger charge is -2.44. The maximum Gasteiger partial charge on any atom is 0.306 e. The Balaban J connectivity index is 1.37. The molecule has 0 radical (unpaired) electrons. The number of carbonyl (C=O) groups excluding carboxylic acids is 6. The van der Waals surface area contributed by atoms with Gasteiger partial charge in [0.05, 0.1) is 11.9 Å². The Labute approximate surface area is 312 Å². The smallest absolute Gasteiger partial charge is 0.306 e. The molecule has 290 valence electrons. The molecule has 5 atom stereocenters. The van der Waals surface area contributed by atoms with E-state index in [-0.39, 0.29) is 24.9 Å². The second-order valence-corrected chi connectivity index (χ2v) is 12.7. The molecule has 0 aliphatic carbocycles. The van der Waals surface area contributed by atoms with E-state index in [2.05, 4.69) is 15.6 Å². The van der Waals surface area contributed by atoms with E-state index in [1.54, 1.807) is 24.3 Å². The lowest BCUT2D eigenvalue weighted by Crippen LogP contribution is -2.60. The van der Waals surface area contributed by atoms with Crippen molar-refractivity contribution in [2.75, 3.05) is 11.9 Å². The van der Waals surface area contributed by atoms with Crippen molar-refractivity contribution in [1.82, 2.24) is 15.0 Å². The van der Waals surface area contributed by atoms with Gasteiger partial charge in [-0.2, -0.15) is 0 Å². The number of carbonyl (C=O) groups is 6. The normalized spacial score (nSPS) is 19.2. The van der Waals surface area contributed by atoms with Gasteiger partial charge < -0.3 is 33.7 Å². The number of aromatic nitrogens is 3. The topological polar surface area (TPSA) is 201 Å². The van der Waals surface area contributed by atoms with Gasteiger partial charge in [0.1, 0.15) is 25.0 Å². The molecule has 0 saturated carbocycles. The van der Waals surface area contributed by atoms with E-state index < -0.39 is 61.1 Å². The Kier molecular flexibility index (Phi) is 15.7. The van der Waals surface area contributed by atoms with Crippen LogP contribution in [-0.4, -0.2) is 81.8 Å². The highest BCUT2D eigenvalue weighted by Crippen LogP contribution is 2.35. The fraction of sp³-hybridized carbons (Fsp3) is 0.474. The van der Waals surface area contributed by atoms with Gasteiger partial charge >= 0.3 is 29.8 Å². The predicted octanol–water partition coefficient (Wildman–Crippen LogP) is 4.61. The number of hydrogen-bond acceptors (Lipinski definition) is 14. The summed E-state index contributed by atoms with van der Waals surface area (Å²) in [5.74, 6) is -3.32. The molecule has 0 bridgehead atoms. The number of anilines is 1. The summed E-state index contributed by atoms with van der Waals surface area (Å²) in [5, 5.41) is 11.4. The van der Waals surface area contributed by atoms with Gasteiger partial charge in [0.25, 0.3) is 0 Å². The fourth-order valence-electron chi connectivity index (χ4n) is 5.87. The Morgan fingerprint density at radius 1 is 0.704 bits per heavy atom. The van der Waals surface area contributed by atoms with Crippen LogP contribution in [-0.2, 0) is 63.8 Å². The first kappa shape index (κ1) is 41.1. The Hall–Kier alpha value is -5.64. The fourth-order valence-corrected chi connectivity index (χ4v) is 5.87. The summed E-state index contributed by atoms with van der Waals surface area (Å²) < 4.78 is 34.4. The zero-order chi connectivity index (χ0) is 39.0. The second-order valence-electron chi connectivity index (χ2n) is 12.7. The van der Waals surface area contributed by atoms with Crippen LogP contribution >= 0.6 is 0 Å². The van der Waals surface area contributed by atoms with Crippen LogP contribution in [0.5, 0.6) is 0 Å². The zero-order valence-electron chi connectivity index (χ0n) is 30.8. The SMILES string of the molecule is CC(=O)OC[C@H]1O[C@@H](n2cc(-c3ccccc3NC(=O)CCCCCCCC(=O)OCc3ccccc3)nn2)[C@H](OC(C)=O)[C@@H](OC(C)=O)[C@@H]1OC(C)=O. The number of ether oxygens (including phenoxy) is 6. The molecule has 4 rings (SSSR count). The van der Waals surface area contributed by atoms with Crippen molar-refractivity contribution in [1.29, 1.82) is 0 Å². The number of nitrogens with one attached hydrogen (secondary N) is 1. The number of hydrogen-bond donors (Lipinski definition) is 1. The van der Waals surface area contributed by atoms with Gasteiger partial charge in [-0.1, -0.05) is 73.0 Å². The number of nitrogens with zero attached hydrogens (tertiary/aromatic N) is 3. The molecule has 16 nitrogen and oxygen atoms in total. The molecule has 1 fully saturated rings. The largest absolute Gasteiger partial charge is 0.463 e. The minimum absolute atomic E-state index is 0.195. The molecule has 54 heavy (non-hydrogen) atoms. The van der Waals surface area contributed by atoms with E-state index in [0.29, 0.717) is 36.2 Å². The highest BCUT2D eigenvalue weighted by Gasteiger charge is 2.53. The third-order valence-electron chi connectivity index (χ3n) is 8.24. The van der Waals surface area contributed by atoms with Crippen molar-refractivity contribution >= 4 is 41.4 Å². The average molecular weight is 751 g/mol. The van der Waals surface area contributed by atoms with Crippen LogP contribution in [0, 0.1) is 0 Å². The van der Waals surface area contributed by atoms with E-state index in [4.69, 9.17) is 28.4 Å². The molecule has 3 aromatic rings. The number of para-hydroxylation sites is 1. The molecular formula is C38H46N4O12. The first-order valence-corrected chi connectivity index (χ1v) is 17.7. The minimum atomic E-state index is -1.38. The lowest BCUT2D eigenvalue weighted by molar-refractivity contribution is -0.270. The summed E-state index contributed by atoms with van der Waals surface area (Å²) >= 11 is 0. The number of amides is 1. The van der Waals surface area contributed by atoms with Gasteiger partial charge in [-0.3, -0.25) is 28.8 Å². The number of rotatable bonds is 18. The third-order valence-corrected chi connectivity index (χ3v) is 8.24. The summed E-state index contributed by atoms with van der Waals surface area (Å²) in [6, 6.07) is 16.5. The van der Waals surface area contributed by atoms with Crippen LogP contribution in [0.15, 0.2) is 60.8 Å². The van der Waals surface area contributed by atoms with Gasteiger partial charge in [0.2, 0.25) is 5.91 Å². The van der Waals surface area contributed by atoms with E-state index in [1.807, 2.05) is 30.3 Å². The van der Waals surface area contributed by atoms with Crippen molar-refractivity contribution in [3.05, 3.63) is 66.4 Å². The summed E-state index contributed by atoms with van der Waals surface area (Å²) in [5.41, 5.74) is 2.27. The van der Waals surface area contributed by atoms with Gasteiger partial charge in [0.15, 0.2) is 24.5 Å². The predicted molar refractivity (Wildman–Crippen MR) is 190 cm³/mol. The Morgan fingerprint density at radius 3 is 2.00 bits per heavy atom. The van der Waals surface area contributed by atoms with E-state index >= 15 is 0 Å². The van der Waals surface area contributed by atoms with Gasteiger partial charge in [0, 0.05) is 46.1 Å². The summed E-state index contributed by atoms with van der Waals surface area (Å²) in [7, 11) is 0. The molecule has 0 spiro atoms. The van der Waals surface area contributed by atoms with E-state index in [1.165, 1.54) is 17.8 Å². The van der Waals surface area contributed by atoms with Crippen molar-refractivity contribution in [3.8, 4) is 11.3 Å². The standard InChI is InChI=1S/C38H46N4O12/c1-24(43)49-23-32-35(51-25(2)44)36(52-26(3)45)37(53-27(4)46)38(54-32)42-21-31(40-41-42)29-17-13-14-18-30(29)39-33(47)19-11-6-5-7-12-20-34(48)50-22-28-15-9-8-10-16-28/h8-10,13-18,21,32,35-38H,5-7,11-12,19-20,22-23H2,1-4H3,(H,39,47)/t32-,35-,36+,37-,38-/m1/s1. The third kappa shape index (κ3) is 12.8. The Bertz CT molecular complexity index is 1750. The van der Waals surface area contributed by atoms with Crippen LogP contribution in [0.2, 0.25) is 0 Å². The molecule has 0 unspecified atom stereocenters. The molecule has 2 heterocycles. The molecular weight excluding hydrogens is 704 g/mol. The molecule has 1 saturated heterocycles. The van der Waals surface area contributed by atoms with Crippen LogP contribution < -0.4 is 5.32 Å². The van der Waals surface area contributed by atoms with Gasteiger partial charge in [-0.25, -0.2) is 4.68 Å². The van der Waals surface area contributed by atoms with Crippen molar-refractivity contribution in [3.63, 3.8) is 0 Å². The van der Waals surface area contributed by atoms with E-state index in [0.717, 1.165) is 45.6 Å². The first-order chi connectivity index (χ1) is 25.9. The maximum absolute atomic E-state index is 12.9. The average Bonchev–Trinajstić information content (AvgIpc) is 3.61. The monoisotopic (exact) mass is 750 g/mol. The quantitative estimate of drug-likeness (QED) is 0.107. The highest BCUT2D eigenvalue weighted by atomic mass is 16.7. The van der Waals surface area contributed by atoms with Crippen LogP contribution in [0.3, 0.4) is 0 Å². The lowest BCUT2D eigenvalue weighted by atomic mass is 9.97. The number of unbranched alkanes of at least 4 members (excludes halogenated alkanes) is 4. The summed E-state index contributed by atoms with van der Waals surface area (Å²) in [6.45, 7) is 4.47. The highest BCUT2D eigenvalue weighted by molar-refractivity contribution is 5.95. The van der Waals surface area contributed by atoms with E-state index in [9.17, 15) is 28.8 Å². The zero-order valence-corrected chi connectivity index (χ0v) is 30.8. The van der Waals surface area contributed by atoms with Crippen LogP contribution in [0.4, 0.5) is 5.69 Å². The van der Waals surface area contributed by atoms with Gasteiger partial charge in [-0.05, 0) is 24.5 Å². The molecule has 1 aliphatic heterocycles. The van der Waals surface area contributed by atoms with Crippen LogP contribution in [0.1, 0.15) is 84.4 Å². The van der Waals surface area contributed by atoms with Crippen molar-refractivity contribution in [2.45, 2.75) is 110 Å². The Morgan fingerprint density at radius 2 is 1.31 bits per heavy atom. The second kappa shape index (κ2) is 20.6. The maximum atomic E-state index is 12.9. The molecule has 1 N–H and O–H groups in total. The molecule has 16 heteroatoms. The van der Waals surface area contributed by atoms with Gasteiger partial charge in [-0.15, -0.1) is 5.10 Å². The summed E-state index contributed by atoms with van der Waals surface area (Å²) in [6.07, 6.45) is -0.491. The first-order valence-electron chi connectivity index (χ1n) is 17.7. The number of esters is 5.